The Kier molecular flexibility index (Phi) is 2.99. The largest absolute Gasteiger partial charge is 0.218 e. The Hall–Kier alpha value is -1.53. The lowest BCUT2D eigenvalue weighted by Crippen LogP contribution is -1.92. The molecule has 0 amide bonds. The summed E-state index contributed by atoms with van der Waals surface area (Å²) < 4.78 is 28.1. The molecule has 3 aromatic rings. The van der Waals surface area contributed by atoms with Gasteiger partial charge in [0.1, 0.15) is 0 Å². The quantitative estimate of drug-likeness (QED) is 0.665. The molecule has 0 bridgehead atoms. The maximum absolute atomic E-state index is 13.3. The van der Waals surface area contributed by atoms with Crippen molar-refractivity contribution in [3.63, 3.8) is 0 Å². The Morgan fingerprint density at radius 2 is 1.95 bits per heavy atom. The Bertz CT molecular complexity index is 788. The topological polar surface area (TPSA) is 30.2 Å². The van der Waals surface area contributed by atoms with Gasteiger partial charge in [0.05, 0.1) is 5.02 Å². The number of aromatic nitrogens is 3. The van der Waals surface area contributed by atoms with Crippen LogP contribution in [0.4, 0.5) is 8.78 Å². The van der Waals surface area contributed by atoms with Crippen molar-refractivity contribution in [2.24, 2.45) is 0 Å². The highest BCUT2D eigenvalue weighted by Crippen LogP contribution is 2.28. The number of halogens is 4. The predicted molar refractivity (Wildman–Crippen MR) is 71.0 cm³/mol. The van der Waals surface area contributed by atoms with Crippen molar-refractivity contribution in [3.05, 3.63) is 51.9 Å². The maximum Gasteiger partial charge on any atom is 0.218 e. The summed E-state index contributed by atoms with van der Waals surface area (Å²) in [5.41, 5.74) is 1.55. The molecule has 0 spiro atoms. The molecule has 0 saturated heterocycles. The molecule has 0 unspecified atom stereocenters. The van der Waals surface area contributed by atoms with E-state index in [4.69, 9.17) is 11.6 Å². The molecule has 0 aliphatic heterocycles. The van der Waals surface area contributed by atoms with Crippen molar-refractivity contribution in [2.75, 3.05) is 0 Å². The highest BCUT2D eigenvalue weighted by Gasteiger charge is 2.12. The second kappa shape index (κ2) is 4.54. The molecule has 0 aliphatic rings. The van der Waals surface area contributed by atoms with Gasteiger partial charge in [-0.3, -0.25) is 0 Å². The van der Waals surface area contributed by atoms with Gasteiger partial charge in [0.25, 0.3) is 0 Å². The van der Waals surface area contributed by atoms with Gasteiger partial charge in [-0.25, -0.2) is 18.3 Å². The third kappa shape index (κ3) is 2.21. The van der Waals surface area contributed by atoms with Gasteiger partial charge in [0, 0.05) is 11.8 Å². The monoisotopic (exact) mass is 343 g/mol. The van der Waals surface area contributed by atoms with Gasteiger partial charge in [-0.2, -0.15) is 0 Å². The number of hydrogen-bond acceptors (Lipinski definition) is 2. The van der Waals surface area contributed by atoms with Crippen molar-refractivity contribution in [1.82, 2.24) is 14.6 Å². The number of benzene rings is 1. The zero-order valence-electron chi connectivity index (χ0n) is 9.24. The summed E-state index contributed by atoms with van der Waals surface area (Å²) in [4.78, 5) is 4.18. The Morgan fingerprint density at radius 1 is 1.16 bits per heavy atom. The molecule has 0 atom stereocenters. The molecule has 1 aromatic carbocycles. The van der Waals surface area contributed by atoms with Gasteiger partial charge in [0.15, 0.2) is 17.3 Å². The van der Waals surface area contributed by atoms with Crippen molar-refractivity contribution in [1.29, 1.82) is 0 Å². The fraction of sp³-hybridized carbons (Fsp3) is 0. The van der Waals surface area contributed by atoms with E-state index in [0.717, 1.165) is 12.1 Å². The van der Waals surface area contributed by atoms with Crippen molar-refractivity contribution >= 4 is 33.2 Å². The van der Waals surface area contributed by atoms with E-state index < -0.39 is 11.6 Å². The van der Waals surface area contributed by atoms with Crippen LogP contribution in [0.1, 0.15) is 0 Å². The van der Waals surface area contributed by atoms with Crippen molar-refractivity contribution < 1.29 is 8.78 Å². The molecule has 96 valence electrons. The van der Waals surface area contributed by atoms with Gasteiger partial charge in [0.2, 0.25) is 4.73 Å². The molecular formula is C12H5BrClF2N3. The number of nitrogens with zero attached hydrogens (tertiary/aromatic N) is 3. The zero-order chi connectivity index (χ0) is 13.6. The van der Waals surface area contributed by atoms with Crippen LogP contribution in [0.15, 0.2) is 35.2 Å². The van der Waals surface area contributed by atoms with E-state index in [1.165, 1.54) is 10.6 Å². The molecule has 3 rings (SSSR count). The van der Waals surface area contributed by atoms with Crippen molar-refractivity contribution in [3.8, 4) is 11.1 Å². The van der Waals surface area contributed by atoms with Crippen LogP contribution in [0.3, 0.4) is 0 Å². The molecule has 7 heteroatoms. The SMILES string of the molecule is Fc1ccc(-c2cc(Cl)cn3nc(Br)nc23)cc1F. The molecule has 2 aromatic heterocycles. The van der Waals surface area contributed by atoms with E-state index in [1.807, 2.05) is 0 Å². The molecule has 0 radical (unpaired) electrons. The van der Waals surface area contributed by atoms with E-state index in [9.17, 15) is 8.78 Å². The summed E-state index contributed by atoms with van der Waals surface area (Å²) in [6, 6.07) is 5.26. The summed E-state index contributed by atoms with van der Waals surface area (Å²) in [5.74, 6) is -1.82. The van der Waals surface area contributed by atoms with E-state index in [-0.39, 0.29) is 0 Å². The number of rotatable bonds is 1. The molecular weight excluding hydrogens is 340 g/mol. The van der Waals surface area contributed by atoms with Crippen molar-refractivity contribution in [2.45, 2.75) is 0 Å². The first-order chi connectivity index (χ1) is 9.04. The third-order valence-corrected chi connectivity index (χ3v) is 3.15. The number of fused-ring (bicyclic) bond motifs is 1. The molecule has 3 nitrogen and oxygen atoms in total. The average molecular weight is 345 g/mol. The minimum atomic E-state index is -0.922. The summed E-state index contributed by atoms with van der Waals surface area (Å²) in [6.07, 6.45) is 1.58. The van der Waals surface area contributed by atoms with Crippen LogP contribution in [0.2, 0.25) is 5.02 Å². The van der Waals surface area contributed by atoms with Crippen LogP contribution in [-0.4, -0.2) is 14.6 Å². The molecule has 19 heavy (non-hydrogen) atoms. The maximum atomic E-state index is 13.3. The van der Waals surface area contributed by atoms with Gasteiger partial charge in [-0.1, -0.05) is 17.7 Å². The van der Waals surface area contributed by atoms with Crippen LogP contribution in [0, 0.1) is 11.6 Å². The summed E-state index contributed by atoms with van der Waals surface area (Å²) >= 11 is 9.14. The normalized spacial score (nSPS) is 11.2. The standard InChI is InChI=1S/C12H5BrClF2N3/c13-12-17-11-8(4-7(14)5-19(11)18-12)6-1-2-9(15)10(16)3-6/h1-5H. The van der Waals surface area contributed by atoms with Gasteiger partial charge in [-0.15, -0.1) is 5.10 Å². The molecule has 0 saturated carbocycles. The molecule has 2 heterocycles. The van der Waals surface area contributed by atoms with E-state index in [0.29, 0.717) is 26.5 Å². The Morgan fingerprint density at radius 3 is 2.68 bits per heavy atom. The molecule has 0 N–H and O–H groups in total. The second-order valence-electron chi connectivity index (χ2n) is 3.85. The van der Waals surface area contributed by atoms with Crippen LogP contribution >= 0.6 is 27.5 Å². The number of hydrogen-bond donors (Lipinski definition) is 0. The minimum absolute atomic E-state index is 0.388. The minimum Gasteiger partial charge on any atom is -0.218 e. The predicted octanol–water partition coefficient (Wildman–Crippen LogP) is 4.09. The summed E-state index contributed by atoms with van der Waals surface area (Å²) in [5, 5.41) is 4.49. The van der Waals surface area contributed by atoms with Gasteiger partial charge >= 0.3 is 0 Å². The highest BCUT2D eigenvalue weighted by atomic mass is 79.9. The lowest BCUT2D eigenvalue weighted by molar-refractivity contribution is 0.509. The van der Waals surface area contributed by atoms with E-state index in [2.05, 4.69) is 26.0 Å². The Balaban J connectivity index is 2.31. The first kappa shape index (κ1) is 12.5. The highest BCUT2D eigenvalue weighted by molar-refractivity contribution is 9.10. The summed E-state index contributed by atoms with van der Waals surface area (Å²) in [7, 11) is 0. The lowest BCUT2D eigenvalue weighted by Gasteiger charge is -2.05. The van der Waals surface area contributed by atoms with Crippen LogP contribution in [0.5, 0.6) is 0 Å². The first-order valence-electron chi connectivity index (χ1n) is 5.21. The van der Waals surface area contributed by atoms with Crippen LogP contribution < -0.4 is 0 Å². The fourth-order valence-electron chi connectivity index (χ4n) is 1.80. The third-order valence-electron chi connectivity index (χ3n) is 2.60. The van der Waals surface area contributed by atoms with Crippen LogP contribution in [-0.2, 0) is 0 Å². The van der Waals surface area contributed by atoms with Crippen LogP contribution in [0.25, 0.3) is 16.8 Å². The average Bonchev–Trinajstić information content (AvgIpc) is 2.72. The zero-order valence-corrected chi connectivity index (χ0v) is 11.6. The van der Waals surface area contributed by atoms with Gasteiger partial charge < -0.3 is 0 Å². The smallest absolute Gasteiger partial charge is 0.218 e. The van der Waals surface area contributed by atoms with E-state index >= 15 is 0 Å². The molecule has 0 aliphatic carbocycles. The molecule has 0 fully saturated rings. The fourth-order valence-corrected chi connectivity index (χ4v) is 2.34. The number of pyridine rings is 1. The summed E-state index contributed by atoms with van der Waals surface area (Å²) in [6.45, 7) is 0. The second-order valence-corrected chi connectivity index (χ2v) is 5.00. The van der Waals surface area contributed by atoms with Gasteiger partial charge in [-0.05, 0) is 39.7 Å². The van der Waals surface area contributed by atoms with E-state index in [1.54, 1.807) is 12.3 Å². The first-order valence-corrected chi connectivity index (χ1v) is 6.38. The Labute approximate surface area is 120 Å². The lowest BCUT2D eigenvalue weighted by atomic mass is 10.1.